The van der Waals surface area contributed by atoms with Gasteiger partial charge in [0, 0.05) is 13.0 Å². The van der Waals surface area contributed by atoms with Gasteiger partial charge in [0.15, 0.2) is 0 Å². The number of carbonyl (C=O) groups excluding carboxylic acids is 1. The van der Waals surface area contributed by atoms with Gasteiger partial charge in [-0.3, -0.25) is 4.79 Å². The van der Waals surface area contributed by atoms with Crippen LogP contribution < -0.4 is 5.73 Å². The predicted molar refractivity (Wildman–Crippen MR) is 155 cm³/mol. The number of aliphatic hydroxyl groups excluding tert-OH is 1. The first kappa shape index (κ1) is 34.4. The molecule has 1 amide bonds. The number of hydrogen-bond acceptors (Lipinski definition) is 2. The average Bonchev–Trinajstić information content (AvgIpc) is 2.85. The van der Waals surface area contributed by atoms with E-state index in [9.17, 15) is 9.90 Å². The van der Waals surface area contributed by atoms with Crippen molar-refractivity contribution in [1.82, 2.24) is 0 Å². The minimum atomic E-state index is -0.153. The van der Waals surface area contributed by atoms with Crippen LogP contribution >= 0.6 is 0 Å². The molecule has 3 heteroatoms. The second-order valence-electron chi connectivity index (χ2n) is 11.3. The maximum Gasteiger partial charge on any atom is 0.217 e. The first-order chi connectivity index (χ1) is 17.2. The Hall–Kier alpha value is -0.570. The van der Waals surface area contributed by atoms with Crippen LogP contribution in [0.1, 0.15) is 187 Å². The van der Waals surface area contributed by atoms with E-state index in [2.05, 4.69) is 6.92 Å². The Bertz CT molecular complexity index is 412. The molecule has 0 saturated heterocycles. The van der Waals surface area contributed by atoms with Crippen LogP contribution in [0.15, 0.2) is 0 Å². The highest BCUT2D eigenvalue weighted by Crippen LogP contribution is 2.18. The van der Waals surface area contributed by atoms with Gasteiger partial charge >= 0.3 is 0 Å². The Morgan fingerprint density at radius 3 is 1.06 bits per heavy atom. The fourth-order valence-corrected chi connectivity index (χ4v) is 5.36. The van der Waals surface area contributed by atoms with Gasteiger partial charge in [0.05, 0.1) is 0 Å². The van der Waals surface area contributed by atoms with Crippen molar-refractivity contribution < 1.29 is 9.90 Å². The molecule has 0 radical (unpaired) electrons. The van der Waals surface area contributed by atoms with Gasteiger partial charge in [-0.25, -0.2) is 0 Å². The molecule has 0 aromatic carbocycles. The van der Waals surface area contributed by atoms with Gasteiger partial charge < -0.3 is 10.8 Å². The summed E-state index contributed by atoms with van der Waals surface area (Å²) in [5.41, 5.74) is 5.16. The van der Waals surface area contributed by atoms with Gasteiger partial charge in [0.1, 0.15) is 0 Å². The Balaban J connectivity index is 3.08. The molecule has 35 heavy (non-hydrogen) atoms. The van der Waals surface area contributed by atoms with E-state index in [-0.39, 0.29) is 5.91 Å². The van der Waals surface area contributed by atoms with E-state index in [1.165, 1.54) is 161 Å². The summed E-state index contributed by atoms with van der Waals surface area (Å²) in [6.07, 6.45) is 37.3. The lowest BCUT2D eigenvalue weighted by Gasteiger charge is -2.12. The molecule has 0 aliphatic carbocycles. The molecule has 0 aromatic rings. The van der Waals surface area contributed by atoms with Crippen molar-refractivity contribution in [1.29, 1.82) is 0 Å². The highest BCUT2D eigenvalue weighted by Gasteiger charge is 2.05. The molecule has 1 unspecified atom stereocenters. The molecule has 0 aliphatic heterocycles. The lowest BCUT2D eigenvalue weighted by molar-refractivity contribution is -0.118. The molecule has 0 spiro atoms. The third-order valence-electron chi connectivity index (χ3n) is 7.74. The Morgan fingerprint density at radius 1 is 0.514 bits per heavy atom. The second kappa shape index (κ2) is 29.7. The molecule has 3 nitrogen and oxygen atoms in total. The number of aliphatic hydroxyl groups is 1. The summed E-state index contributed by atoms with van der Waals surface area (Å²) >= 11 is 0. The molecule has 210 valence electrons. The van der Waals surface area contributed by atoms with Gasteiger partial charge in [0.2, 0.25) is 5.91 Å². The normalized spacial score (nSPS) is 12.3. The number of primary amides is 1. The van der Waals surface area contributed by atoms with E-state index in [0.717, 1.165) is 12.8 Å². The number of hydrogen-bond donors (Lipinski definition) is 2. The standard InChI is InChI=1S/C32H65NO2/c1-2-27-31(30-34)28-25-23-21-19-17-15-13-11-9-7-5-3-4-6-8-10-12-14-16-18-20-22-24-26-29-32(33)35/h31,34H,2-30H2,1H3,(H2,33,35). The first-order valence-corrected chi connectivity index (χ1v) is 16.1. The SMILES string of the molecule is CCCC(CO)CCCCCCCCCCCCCCCCCCCCCCCCCCC(N)=O. The van der Waals surface area contributed by atoms with Gasteiger partial charge in [0.25, 0.3) is 0 Å². The molecule has 0 heterocycles. The molecule has 0 aliphatic rings. The van der Waals surface area contributed by atoms with E-state index in [1.807, 2.05) is 0 Å². The van der Waals surface area contributed by atoms with Crippen molar-refractivity contribution in [2.24, 2.45) is 11.7 Å². The Labute approximate surface area is 220 Å². The Morgan fingerprint density at radius 2 is 0.800 bits per heavy atom. The summed E-state index contributed by atoms with van der Waals surface area (Å²) in [6.45, 7) is 2.61. The number of rotatable bonds is 30. The zero-order valence-electron chi connectivity index (χ0n) is 24.0. The van der Waals surface area contributed by atoms with Crippen molar-refractivity contribution in [2.75, 3.05) is 6.61 Å². The monoisotopic (exact) mass is 496 g/mol. The second-order valence-corrected chi connectivity index (χ2v) is 11.3. The van der Waals surface area contributed by atoms with Gasteiger partial charge in [-0.15, -0.1) is 0 Å². The third kappa shape index (κ3) is 29.5. The molecule has 0 bridgehead atoms. The molecule has 0 rings (SSSR count). The molecule has 1 atom stereocenters. The van der Waals surface area contributed by atoms with Gasteiger partial charge in [-0.1, -0.05) is 161 Å². The summed E-state index contributed by atoms with van der Waals surface area (Å²) in [6, 6.07) is 0. The molecule has 3 N–H and O–H groups in total. The minimum Gasteiger partial charge on any atom is -0.396 e. The summed E-state index contributed by atoms with van der Waals surface area (Å²) in [4.78, 5) is 10.7. The highest BCUT2D eigenvalue weighted by atomic mass is 16.3. The van der Waals surface area contributed by atoms with E-state index in [4.69, 9.17) is 5.73 Å². The smallest absolute Gasteiger partial charge is 0.217 e. The summed E-state index contributed by atoms with van der Waals surface area (Å²) < 4.78 is 0. The van der Waals surface area contributed by atoms with Crippen LogP contribution in [-0.2, 0) is 4.79 Å². The van der Waals surface area contributed by atoms with Crippen molar-refractivity contribution in [3.63, 3.8) is 0 Å². The lowest BCUT2D eigenvalue weighted by Crippen LogP contribution is -2.09. The molecule has 0 saturated carbocycles. The molecule has 0 aromatic heterocycles. The fourth-order valence-electron chi connectivity index (χ4n) is 5.36. The van der Waals surface area contributed by atoms with E-state index < -0.39 is 0 Å². The van der Waals surface area contributed by atoms with Crippen molar-refractivity contribution in [3.05, 3.63) is 0 Å². The van der Waals surface area contributed by atoms with Crippen molar-refractivity contribution in [3.8, 4) is 0 Å². The van der Waals surface area contributed by atoms with Crippen LogP contribution in [0.25, 0.3) is 0 Å². The summed E-state index contributed by atoms with van der Waals surface area (Å²) in [5, 5.41) is 9.35. The molecule has 0 fully saturated rings. The van der Waals surface area contributed by atoms with Crippen LogP contribution in [0.5, 0.6) is 0 Å². The maximum atomic E-state index is 10.7. The number of unbranched alkanes of at least 4 members (excludes halogenated alkanes) is 23. The Kier molecular flexibility index (Phi) is 29.2. The number of amides is 1. The van der Waals surface area contributed by atoms with E-state index in [1.54, 1.807) is 0 Å². The zero-order chi connectivity index (χ0) is 25.7. The minimum absolute atomic E-state index is 0.153. The van der Waals surface area contributed by atoms with Crippen LogP contribution in [0.3, 0.4) is 0 Å². The number of carbonyl (C=O) groups is 1. The quantitative estimate of drug-likeness (QED) is 0.0973. The maximum absolute atomic E-state index is 10.7. The van der Waals surface area contributed by atoms with Crippen LogP contribution in [0.2, 0.25) is 0 Å². The number of nitrogens with two attached hydrogens (primary N) is 1. The van der Waals surface area contributed by atoms with E-state index in [0.29, 0.717) is 18.9 Å². The van der Waals surface area contributed by atoms with Crippen molar-refractivity contribution >= 4 is 5.91 Å². The lowest BCUT2D eigenvalue weighted by atomic mass is 9.96. The fraction of sp³-hybridized carbons (Fsp3) is 0.969. The van der Waals surface area contributed by atoms with Crippen molar-refractivity contribution in [2.45, 2.75) is 187 Å². The predicted octanol–water partition coefficient (Wildman–Crippen LogP) is 10.0. The average molecular weight is 496 g/mol. The third-order valence-corrected chi connectivity index (χ3v) is 7.74. The first-order valence-electron chi connectivity index (χ1n) is 16.1. The van der Waals surface area contributed by atoms with Gasteiger partial charge in [-0.05, 0) is 25.2 Å². The van der Waals surface area contributed by atoms with Crippen LogP contribution in [0.4, 0.5) is 0 Å². The summed E-state index contributed by atoms with van der Waals surface area (Å²) in [7, 11) is 0. The largest absolute Gasteiger partial charge is 0.396 e. The highest BCUT2D eigenvalue weighted by molar-refractivity contribution is 5.73. The topological polar surface area (TPSA) is 63.3 Å². The van der Waals surface area contributed by atoms with E-state index >= 15 is 0 Å². The zero-order valence-corrected chi connectivity index (χ0v) is 24.0. The van der Waals surface area contributed by atoms with Crippen LogP contribution in [-0.4, -0.2) is 17.6 Å². The molecular weight excluding hydrogens is 430 g/mol. The van der Waals surface area contributed by atoms with Crippen LogP contribution in [0, 0.1) is 5.92 Å². The van der Waals surface area contributed by atoms with Gasteiger partial charge in [-0.2, -0.15) is 0 Å². The molecular formula is C32H65NO2. The summed E-state index contributed by atoms with van der Waals surface area (Å²) in [5.74, 6) is 0.407.